The fourth-order valence-electron chi connectivity index (χ4n) is 3.43. The van der Waals surface area contributed by atoms with Gasteiger partial charge in [0.15, 0.2) is 16.8 Å². The Kier molecular flexibility index (Phi) is 6.57. The highest BCUT2D eigenvalue weighted by molar-refractivity contribution is 7.14. The highest BCUT2D eigenvalue weighted by Crippen LogP contribution is 2.29. The van der Waals surface area contributed by atoms with Crippen LogP contribution in [-0.4, -0.2) is 29.9 Å². The van der Waals surface area contributed by atoms with Crippen LogP contribution in [0.25, 0.3) is 0 Å². The van der Waals surface area contributed by atoms with Crippen molar-refractivity contribution < 1.29 is 18.4 Å². The molecule has 0 saturated carbocycles. The second-order valence-corrected chi connectivity index (χ2v) is 9.05. The van der Waals surface area contributed by atoms with Gasteiger partial charge in [-0.25, -0.2) is 13.8 Å². The van der Waals surface area contributed by atoms with E-state index in [1.165, 1.54) is 22.7 Å². The predicted octanol–water partition coefficient (Wildman–Crippen LogP) is 4.45. The average molecular weight is 463 g/mol. The second kappa shape index (κ2) is 9.52. The van der Waals surface area contributed by atoms with Crippen LogP contribution in [-0.2, 0) is 22.4 Å². The van der Waals surface area contributed by atoms with E-state index in [0.29, 0.717) is 23.9 Å². The van der Waals surface area contributed by atoms with Crippen LogP contribution in [0.15, 0.2) is 35.0 Å². The van der Waals surface area contributed by atoms with Crippen molar-refractivity contribution in [3.8, 4) is 0 Å². The first kappa shape index (κ1) is 21.4. The number of carbonyl (C=O) groups is 2. The van der Waals surface area contributed by atoms with Crippen LogP contribution in [0.3, 0.4) is 0 Å². The normalized spacial score (nSPS) is 13.4. The Bertz CT molecular complexity index is 1060. The van der Waals surface area contributed by atoms with E-state index < -0.39 is 17.5 Å². The summed E-state index contributed by atoms with van der Waals surface area (Å²) in [6.45, 7) is 1.24. The molecular formula is C21H20F2N4O2S2. The first-order valence-corrected chi connectivity index (χ1v) is 11.5. The third-order valence-electron chi connectivity index (χ3n) is 4.78. The molecule has 3 aromatic rings. The van der Waals surface area contributed by atoms with Gasteiger partial charge in [0.25, 0.3) is 0 Å². The van der Waals surface area contributed by atoms with Gasteiger partial charge in [0.05, 0.1) is 18.5 Å². The molecule has 0 spiro atoms. The van der Waals surface area contributed by atoms with Crippen molar-refractivity contribution in [3.05, 3.63) is 57.2 Å². The van der Waals surface area contributed by atoms with Crippen LogP contribution < -0.4 is 15.5 Å². The number of hydrogen-bond acceptors (Lipinski definition) is 6. The molecule has 2 N–H and O–H groups in total. The van der Waals surface area contributed by atoms with Gasteiger partial charge >= 0.3 is 0 Å². The summed E-state index contributed by atoms with van der Waals surface area (Å²) >= 11 is 2.71. The van der Waals surface area contributed by atoms with E-state index in [4.69, 9.17) is 0 Å². The number of thiophene rings is 1. The Balaban J connectivity index is 1.33. The fraction of sp³-hybridized carbons (Fsp3) is 0.286. The monoisotopic (exact) mass is 462 g/mol. The topological polar surface area (TPSA) is 74.3 Å². The summed E-state index contributed by atoms with van der Waals surface area (Å²) in [7, 11) is 0. The lowest BCUT2D eigenvalue weighted by Gasteiger charge is -2.19. The van der Waals surface area contributed by atoms with E-state index in [-0.39, 0.29) is 30.1 Å². The van der Waals surface area contributed by atoms with Crippen molar-refractivity contribution in [1.29, 1.82) is 0 Å². The van der Waals surface area contributed by atoms with E-state index in [1.54, 1.807) is 10.3 Å². The summed E-state index contributed by atoms with van der Waals surface area (Å²) in [4.78, 5) is 31.2. The molecule has 0 radical (unpaired) electrons. The minimum Gasteiger partial charge on any atom is -0.367 e. The van der Waals surface area contributed by atoms with Crippen molar-refractivity contribution in [2.45, 2.75) is 25.7 Å². The van der Waals surface area contributed by atoms with Gasteiger partial charge in [-0.15, -0.1) is 22.7 Å². The van der Waals surface area contributed by atoms with Gasteiger partial charge in [0, 0.05) is 29.0 Å². The standard InChI is InChI=1S/C21H20F2N4O2S2/c22-16-8-13(9-17(23)20(16)27-5-1-2-6-27)24-18(28)10-14-12-31-21(25-14)26-19(29)11-15-4-3-7-30-15/h3-4,7-9,12H,1-2,5-6,10-11H2,(H,24,28)(H,25,26,29). The number of amides is 2. The van der Waals surface area contributed by atoms with Crippen molar-refractivity contribution in [2.75, 3.05) is 28.6 Å². The molecule has 162 valence electrons. The first-order valence-electron chi connectivity index (χ1n) is 9.78. The number of aromatic nitrogens is 1. The molecule has 1 aliphatic rings. The Morgan fingerprint density at radius 2 is 1.74 bits per heavy atom. The van der Waals surface area contributed by atoms with Gasteiger partial charge in [-0.3, -0.25) is 9.59 Å². The lowest BCUT2D eigenvalue weighted by Crippen LogP contribution is -2.21. The summed E-state index contributed by atoms with van der Waals surface area (Å²) in [5, 5.41) is 9.19. The molecule has 3 heterocycles. The number of nitrogens with one attached hydrogen (secondary N) is 2. The fourth-order valence-corrected chi connectivity index (χ4v) is 4.86. The number of thiazole rings is 1. The van der Waals surface area contributed by atoms with Crippen molar-refractivity contribution in [2.24, 2.45) is 0 Å². The summed E-state index contributed by atoms with van der Waals surface area (Å²) < 4.78 is 28.8. The maximum atomic E-state index is 14.4. The molecule has 1 aliphatic heterocycles. The first-order chi connectivity index (χ1) is 15.0. The van der Waals surface area contributed by atoms with Gasteiger partial charge < -0.3 is 15.5 Å². The SMILES string of the molecule is O=C(Cc1csc(NC(=O)Cc2cccs2)n1)Nc1cc(F)c(N2CCCC2)c(F)c1. The van der Waals surface area contributed by atoms with Crippen LogP contribution in [0.5, 0.6) is 0 Å². The number of nitrogens with zero attached hydrogens (tertiary/aromatic N) is 2. The third-order valence-corrected chi connectivity index (χ3v) is 6.46. The maximum absolute atomic E-state index is 14.4. The van der Waals surface area contributed by atoms with Crippen LogP contribution in [0.2, 0.25) is 0 Å². The van der Waals surface area contributed by atoms with Gasteiger partial charge in [-0.2, -0.15) is 0 Å². The Labute approximate surface area is 185 Å². The quantitative estimate of drug-likeness (QED) is 0.544. The minimum absolute atomic E-state index is 0.0436. The average Bonchev–Trinajstić information content (AvgIpc) is 3.45. The molecule has 1 aromatic carbocycles. The maximum Gasteiger partial charge on any atom is 0.231 e. The molecule has 0 atom stereocenters. The molecule has 2 amide bonds. The van der Waals surface area contributed by atoms with Gasteiger partial charge in [-0.1, -0.05) is 6.07 Å². The minimum atomic E-state index is -0.693. The largest absolute Gasteiger partial charge is 0.367 e. The Morgan fingerprint density at radius 1 is 1.03 bits per heavy atom. The van der Waals surface area contributed by atoms with E-state index in [9.17, 15) is 18.4 Å². The van der Waals surface area contributed by atoms with E-state index in [2.05, 4.69) is 15.6 Å². The summed E-state index contributed by atoms with van der Waals surface area (Å²) in [5.74, 6) is -2.02. The Hall–Kier alpha value is -2.85. The molecule has 0 bridgehead atoms. The summed E-state index contributed by atoms with van der Waals surface area (Å²) in [6.07, 6.45) is 2.00. The molecule has 31 heavy (non-hydrogen) atoms. The van der Waals surface area contributed by atoms with Gasteiger partial charge in [-0.05, 0) is 36.4 Å². The molecular weight excluding hydrogens is 442 g/mol. The lowest BCUT2D eigenvalue weighted by atomic mass is 10.2. The highest BCUT2D eigenvalue weighted by atomic mass is 32.1. The second-order valence-electron chi connectivity index (χ2n) is 7.16. The smallest absolute Gasteiger partial charge is 0.231 e. The van der Waals surface area contributed by atoms with Crippen molar-refractivity contribution in [3.63, 3.8) is 0 Å². The summed E-state index contributed by atoms with van der Waals surface area (Å²) in [5.41, 5.74) is 0.476. The molecule has 2 aromatic heterocycles. The predicted molar refractivity (Wildman–Crippen MR) is 119 cm³/mol. The van der Waals surface area contributed by atoms with Crippen LogP contribution in [0.1, 0.15) is 23.4 Å². The third kappa shape index (κ3) is 5.45. The molecule has 1 saturated heterocycles. The number of halogens is 2. The molecule has 6 nitrogen and oxygen atoms in total. The lowest BCUT2D eigenvalue weighted by molar-refractivity contribution is -0.116. The van der Waals surface area contributed by atoms with Gasteiger partial charge in [0.1, 0.15) is 5.69 Å². The molecule has 4 rings (SSSR count). The Morgan fingerprint density at radius 3 is 2.42 bits per heavy atom. The van der Waals surface area contributed by atoms with Crippen LogP contribution >= 0.6 is 22.7 Å². The number of anilines is 3. The number of rotatable bonds is 7. The van der Waals surface area contributed by atoms with E-state index >= 15 is 0 Å². The van der Waals surface area contributed by atoms with Crippen molar-refractivity contribution >= 4 is 51.0 Å². The zero-order chi connectivity index (χ0) is 21.8. The molecule has 10 heteroatoms. The van der Waals surface area contributed by atoms with Crippen LogP contribution in [0, 0.1) is 11.6 Å². The van der Waals surface area contributed by atoms with E-state index in [1.807, 2.05) is 17.5 Å². The zero-order valence-electron chi connectivity index (χ0n) is 16.5. The van der Waals surface area contributed by atoms with E-state index in [0.717, 1.165) is 29.9 Å². The van der Waals surface area contributed by atoms with Crippen LogP contribution in [0.4, 0.5) is 25.3 Å². The molecule has 0 unspecified atom stereocenters. The summed E-state index contributed by atoms with van der Waals surface area (Å²) in [6, 6.07) is 6.02. The van der Waals surface area contributed by atoms with Gasteiger partial charge in [0.2, 0.25) is 11.8 Å². The number of carbonyl (C=O) groups excluding carboxylic acids is 2. The number of benzene rings is 1. The molecule has 0 aliphatic carbocycles. The molecule has 1 fully saturated rings. The number of hydrogen-bond donors (Lipinski definition) is 2. The highest BCUT2D eigenvalue weighted by Gasteiger charge is 2.21. The zero-order valence-corrected chi connectivity index (χ0v) is 18.1. The van der Waals surface area contributed by atoms with Crippen molar-refractivity contribution in [1.82, 2.24) is 4.98 Å².